The molecule has 102 valence electrons. The molecule has 3 heteroatoms. The first-order valence-corrected chi connectivity index (χ1v) is 6.66. The number of benzene rings is 1. The monoisotopic (exact) mass is 250 g/mol. The summed E-state index contributed by atoms with van der Waals surface area (Å²) in [5.41, 5.74) is 5.40. The van der Waals surface area contributed by atoms with Crippen molar-refractivity contribution in [3.63, 3.8) is 0 Å². The summed E-state index contributed by atoms with van der Waals surface area (Å²) in [7, 11) is 1.72. The van der Waals surface area contributed by atoms with E-state index in [4.69, 9.17) is 10.6 Å². The van der Waals surface area contributed by atoms with Gasteiger partial charge in [0.2, 0.25) is 0 Å². The van der Waals surface area contributed by atoms with Gasteiger partial charge in [-0.05, 0) is 43.7 Å². The van der Waals surface area contributed by atoms with E-state index in [0.717, 1.165) is 18.6 Å². The van der Waals surface area contributed by atoms with Crippen molar-refractivity contribution in [1.29, 1.82) is 0 Å². The van der Waals surface area contributed by atoms with E-state index >= 15 is 0 Å². The minimum absolute atomic E-state index is 0.308. The van der Waals surface area contributed by atoms with E-state index in [9.17, 15) is 0 Å². The molecule has 18 heavy (non-hydrogen) atoms. The number of nitrogens with one attached hydrogen (secondary N) is 1. The van der Waals surface area contributed by atoms with Gasteiger partial charge >= 0.3 is 0 Å². The maximum atomic E-state index is 5.65. The van der Waals surface area contributed by atoms with Gasteiger partial charge in [0.15, 0.2) is 0 Å². The lowest BCUT2D eigenvalue weighted by Gasteiger charge is -2.19. The average molecular weight is 250 g/mol. The Morgan fingerprint density at radius 1 is 1.28 bits per heavy atom. The van der Waals surface area contributed by atoms with Crippen LogP contribution >= 0.6 is 0 Å². The lowest BCUT2D eigenvalue weighted by Crippen LogP contribution is -2.37. The van der Waals surface area contributed by atoms with E-state index in [2.05, 4.69) is 38.3 Å². The third-order valence-corrected chi connectivity index (χ3v) is 3.23. The van der Waals surface area contributed by atoms with Gasteiger partial charge in [-0.1, -0.05) is 31.5 Å². The minimum Gasteiger partial charge on any atom is -0.496 e. The van der Waals surface area contributed by atoms with E-state index in [1.54, 1.807) is 7.11 Å². The van der Waals surface area contributed by atoms with E-state index in [1.165, 1.54) is 17.5 Å². The number of rotatable bonds is 7. The van der Waals surface area contributed by atoms with Gasteiger partial charge < -0.3 is 4.74 Å². The highest BCUT2D eigenvalue weighted by Crippen LogP contribution is 2.22. The fourth-order valence-corrected chi connectivity index (χ4v) is 2.11. The van der Waals surface area contributed by atoms with Crippen molar-refractivity contribution < 1.29 is 4.74 Å². The van der Waals surface area contributed by atoms with Crippen LogP contribution in [0.5, 0.6) is 5.75 Å². The molecule has 1 unspecified atom stereocenters. The van der Waals surface area contributed by atoms with Gasteiger partial charge in [0.25, 0.3) is 0 Å². The van der Waals surface area contributed by atoms with Gasteiger partial charge in [-0.25, -0.2) is 0 Å². The first-order valence-electron chi connectivity index (χ1n) is 6.66. The summed E-state index contributed by atoms with van der Waals surface area (Å²) in [5, 5.41) is 0. The van der Waals surface area contributed by atoms with Gasteiger partial charge in [0.05, 0.1) is 7.11 Å². The second-order valence-electron chi connectivity index (χ2n) is 5.35. The minimum atomic E-state index is 0.308. The number of hydrogen-bond acceptors (Lipinski definition) is 3. The summed E-state index contributed by atoms with van der Waals surface area (Å²) in [6.45, 7) is 6.57. The number of aryl methyl sites for hydroxylation is 1. The molecule has 1 rings (SSSR count). The Morgan fingerprint density at radius 2 is 2.00 bits per heavy atom. The Labute approximate surface area is 111 Å². The molecule has 0 amide bonds. The summed E-state index contributed by atoms with van der Waals surface area (Å²) < 4.78 is 5.40. The Morgan fingerprint density at radius 3 is 2.56 bits per heavy atom. The maximum Gasteiger partial charge on any atom is 0.122 e. The molecule has 0 aliphatic heterocycles. The van der Waals surface area contributed by atoms with Crippen LogP contribution in [0.25, 0.3) is 0 Å². The topological polar surface area (TPSA) is 47.3 Å². The molecular formula is C15H26N2O. The van der Waals surface area contributed by atoms with Crippen molar-refractivity contribution in [1.82, 2.24) is 5.43 Å². The second-order valence-corrected chi connectivity index (χ2v) is 5.35. The lowest BCUT2D eigenvalue weighted by atomic mass is 9.97. The normalized spacial score (nSPS) is 12.8. The molecule has 0 fully saturated rings. The number of methoxy groups -OCH3 is 1. The molecule has 0 aliphatic carbocycles. The van der Waals surface area contributed by atoms with Crippen molar-refractivity contribution in [2.45, 2.75) is 46.1 Å². The smallest absolute Gasteiger partial charge is 0.122 e. The number of ether oxygens (including phenoxy) is 1. The highest BCUT2D eigenvalue weighted by atomic mass is 16.5. The lowest BCUT2D eigenvalue weighted by molar-refractivity contribution is 0.396. The van der Waals surface area contributed by atoms with E-state index in [-0.39, 0.29) is 0 Å². The molecule has 0 bridgehead atoms. The molecular weight excluding hydrogens is 224 g/mol. The quantitative estimate of drug-likeness (QED) is 0.578. The number of hydrogen-bond donors (Lipinski definition) is 2. The van der Waals surface area contributed by atoms with Gasteiger partial charge in [0.1, 0.15) is 5.75 Å². The number of hydrazine groups is 1. The fraction of sp³-hybridized carbons (Fsp3) is 0.600. The zero-order valence-corrected chi connectivity index (χ0v) is 12.0. The SMILES string of the molecule is COc1ccc(C)cc1CC(CCC(C)C)NN. The highest BCUT2D eigenvalue weighted by Gasteiger charge is 2.12. The third-order valence-electron chi connectivity index (χ3n) is 3.23. The molecule has 1 atom stereocenters. The standard InChI is InChI=1S/C15H26N2O/c1-11(2)5-7-14(17-16)10-13-9-12(3)6-8-15(13)18-4/h6,8-9,11,14,17H,5,7,10,16H2,1-4H3. The Bertz CT molecular complexity index is 364. The van der Waals surface area contributed by atoms with Crippen LogP contribution < -0.4 is 16.0 Å². The largest absolute Gasteiger partial charge is 0.496 e. The van der Waals surface area contributed by atoms with E-state index in [0.29, 0.717) is 12.0 Å². The van der Waals surface area contributed by atoms with Crippen LogP contribution in [0.4, 0.5) is 0 Å². The van der Waals surface area contributed by atoms with Gasteiger partial charge in [-0.2, -0.15) is 0 Å². The zero-order valence-electron chi connectivity index (χ0n) is 12.0. The van der Waals surface area contributed by atoms with Gasteiger partial charge in [-0.3, -0.25) is 11.3 Å². The van der Waals surface area contributed by atoms with Crippen molar-refractivity contribution in [3.8, 4) is 5.75 Å². The number of nitrogens with two attached hydrogens (primary N) is 1. The van der Waals surface area contributed by atoms with Crippen molar-refractivity contribution >= 4 is 0 Å². The van der Waals surface area contributed by atoms with Gasteiger partial charge in [-0.15, -0.1) is 0 Å². The molecule has 0 saturated carbocycles. The molecule has 0 radical (unpaired) electrons. The first kappa shape index (κ1) is 15.0. The summed E-state index contributed by atoms with van der Waals surface area (Å²) in [4.78, 5) is 0. The molecule has 0 aromatic heterocycles. The van der Waals surface area contributed by atoms with Crippen LogP contribution in [-0.4, -0.2) is 13.2 Å². The summed E-state index contributed by atoms with van der Waals surface area (Å²) in [5.74, 6) is 7.30. The van der Waals surface area contributed by atoms with Crippen molar-refractivity contribution in [2.75, 3.05) is 7.11 Å². The molecule has 1 aromatic rings. The van der Waals surface area contributed by atoms with Crippen LogP contribution in [0.1, 0.15) is 37.8 Å². The summed E-state index contributed by atoms with van der Waals surface area (Å²) in [6.07, 6.45) is 3.18. The highest BCUT2D eigenvalue weighted by molar-refractivity contribution is 5.37. The van der Waals surface area contributed by atoms with Crippen molar-refractivity contribution in [2.24, 2.45) is 11.8 Å². The molecule has 0 heterocycles. The summed E-state index contributed by atoms with van der Waals surface area (Å²) in [6, 6.07) is 6.59. The van der Waals surface area contributed by atoms with Gasteiger partial charge in [0, 0.05) is 6.04 Å². The Hall–Kier alpha value is -1.06. The Kier molecular flexibility index (Phi) is 6.16. The van der Waals surface area contributed by atoms with E-state index in [1.807, 2.05) is 6.07 Å². The van der Waals surface area contributed by atoms with Crippen LogP contribution in [0.2, 0.25) is 0 Å². The molecule has 0 saturated heterocycles. The molecule has 0 aliphatic rings. The fourth-order valence-electron chi connectivity index (χ4n) is 2.11. The Balaban J connectivity index is 2.71. The van der Waals surface area contributed by atoms with Crippen LogP contribution in [0.15, 0.2) is 18.2 Å². The molecule has 3 nitrogen and oxygen atoms in total. The average Bonchev–Trinajstić information content (AvgIpc) is 2.34. The van der Waals surface area contributed by atoms with E-state index < -0.39 is 0 Å². The molecule has 0 spiro atoms. The first-order chi connectivity index (χ1) is 8.56. The summed E-state index contributed by atoms with van der Waals surface area (Å²) >= 11 is 0. The predicted octanol–water partition coefficient (Wildman–Crippen LogP) is 2.81. The van der Waals surface area contributed by atoms with Crippen molar-refractivity contribution in [3.05, 3.63) is 29.3 Å². The molecule has 3 N–H and O–H groups in total. The molecule has 1 aromatic carbocycles. The maximum absolute atomic E-state index is 5.65. The van der Waals surface area contributed by atoms with Crippen LogP contribution in [-0.2, 0) is 6.42 Å². The predicted molar refractivity (Wildman–Crippen MR) is 76.6 cm³/mol. The van der Waals surface area contributed by atoms with Crippen LogP contribution in [0.3, 0.4) is 0 Å². The second kappa shape index (κ2) is 7.39. The zero-order chi connectivity index (χ0) is 13.5. The third kappa shape index (κ3) is 4.67. The van der Waals surface area contributed by atoms with Crippen LogP contribution in [0, 0.1) is 12.8 Å².